The van der Waals surface area contributed by atoms with Crippen LogP contribution in [-0.4, -0.2) is 57.6 Å². The number of aromatic nitrogens is 2. The molecular weight excluding hydrogens is 404 g/mol. The van der Waals surface area contributed by atoms with Crippen molar-refractivity contribution >= 4 is 39.3 Å². The lowest BCUT2D eigenvalue weighted by molar-refractivity contribution is -0.130. The van der Waals surface area contributed by atoms with Gasteiger partial charge < -0.3 is 4.90 Å². The van der Waals surface area contributed by atoms with Crippen molar-refractivity contribution in [1.82, 2.24) is 19.8 Å². The number of hydrogen-bond acceptors (Lipinski definition) is 5. The van der Waals surface area contributed by atoms with E-state index in [1.54, 1.807) is 6.33 Å². The number of nitrogens with zero attached hydrogens (tertiary/aromatic N) is 4. The van der Waals surface area contributed by atoms with E-state index in [1.165, 1.54) is 28.1 Å². The number of rotatable bonds is 5. The molecule has 0 spiro atoms. The van der Waals surface area contributed by atoms with Gasteiger partial charge in [0.15, 0.2) is 0 Å². The monoisotopic (exact) mass is 428 g/mol. The van der Waals surface area contributed by atoms with Crippen LogP contribution >= 0.6 is 11.8 Å². The number of carbonyl (C=O) groups excluding carboxylic acids is 1. The third-order valence-electron chi connectivity index (χ3n) is 5.84. The Kier molecular flexibility index (Phi) is 5.82. The summed E-state index contributed by atoms with van der Waals surface area (Å²) < 4.78 is 0. The number of fused-ring (bicyclic) bond motifs is 2. The summed E-state index contributed by atoms with van der Waals surface area (Å²) in [5.74, 6) is 0.585. The van der Waals surface area contributed by atoms with E-state index in [0.717, 1.165) is 48.7 Å². The Morgan fingerprint density at radius 3 is 2.45 bits per heavy atom. The van der Waals surface area contributed by atoms with Gasteiger partial charge in [-0.1, -0.05) is 72.4 Å². The van der Waals surface area contributed by atoms with Crippen LogP contribution in [0.15, 0.2) is 78.1 Å². The number of thioether (sulfide) groups is 1. The first kappa shape index (κ1) is 20.0. The normalized spacial score (nSPS) is 14.9. The molecule has 0 radical (unpaired) electrons. The van der Waals surface area contributed by atoms with Crippen LogP contribution in [0, 0.1) is 0 Å². The van der Waals surface area contributed by atoms with Crippen molar-refractivity contribution in [2.24, 2.45) is 0 Å². The predicted molar refractivity (Wildman–Crippen MR) is 126 cm³/mol. The number of amides is 1. The summed E-state index contributed by atoms with van der Waals surface area (Å²) in [7, 11) is 0. The first-order chi connectivity index (χ1) is 15.3. The lowest BCUT2D eigenvalue weighted by Crippen LogP contribution is -2.48. The molecule has 0 atom stereocenters. The van der Waals surface area contributed by atoms with E-state index < -0.39 is 0 Å². The van der Waals surface area contributed by atoms with Crippen molar-refractivity contribution in [1.29, 1.82) is 0 Å². The van der Waals surface area contributed by atoms with Crippen LogP contribution in [0.2, 0.25) is 0 Å². The minimum atomic E-state index is 0.178. The van der Waals surface area contributed by atoms with Gasteiger partial charge in [-0.15, -0.1) is 0 Å². The molecule has 1 fully saturated rings. The number of hydrogen-bond donors (Lipinski definition) is 0. The van der Waals surface area contributed by atoms with Crippen LogP contribution in [0.25, 0.3) is 21.7 Å². The number of piperazine rings is 1. The molecule has 0 bridgehead atoms. The number of para-hydroxylation sites is 1. The Bertz CT molecular complexity index is 1210. The fraction of sp³-hybridized carbons (Fsp3) is 0.240. The molecule has 1 aliphatic rings. The van der Waals surface area contributed by atoms with Gasteiger partial charge in [0.2, 0.25) is 5.91 Å². The summed E-state index contributed by atoms with van der Waals surface area (Å²) in [6.07, 6.45) is 1.57. The standard InChI is InChI=1S/C25H24N4OS/c30-24(17-31-25-22-10-3-4-11-23(22)26-18-27-25)29-14-12-28(13-15-29)16-20-8-5-7-19-6-1-2-9-21(19)20/h1-11,18H,12-17H2. The molecule has 1 amide bonds. The Balaban J connectivity index is 1.17. The first-order valence-corrected chi connectivity index (χ1v) is 11.6. The third-order valence-corrected chi connectivity index (χ3v) is 6.83. The lowest BCUT2D eigenvalue weighted by atomic mass is 10.0. The van der Waals surface area contributed by atoms with Crippen molar-refractivity contribution in [2.45, 2.75) is 11.6 Å². The molecule has 1 saturated heterocycles. The summed E-state index contributed by atoms with van der Waals surface area (Å²) in [4.78, 5) is 25.9. The second-order valence-electron chi connectivity index (χ2n) is 7.78. The summed E-state index contributed by atoms with van der Waals surface area (Å²) in [6, 6.07) is 23.0. The van der Waals surface area contributed by atoms with E-state index in [2.05, 4.69) is 57.3 Å². The van der Waals surface area contributed by atoms with Crippen LogP contribution in [0.5, 0.6) is 0 Å². The largest absolute Gasteiger partial charge is 0.339 e. The molecular formula is C25H24N4OS. The molecule has 1 aromatic heterocycles. The van der Waals surface area contributed by atoms with Crippen molar-refractivity contribution in [3.8, 4) is 0 Å². The van der Waals surface area contributed by atoms with Gasteiger partial charge in [-0.05, 0) is 22.4 Å². The lowest BCUT2D eigenvalue weighted by Gasteiger charge is -2.35. The molecule has 5 nitrogen and oxygen atoms in total. The smallest absolute Gasteiger partial charge is 0.233 e. The van der Waals surface area contributed by atoms with Crippen LogP contribution in [-0.2, 0) is 11.3 Å². The van der Waals surface area contributed by atoms with Crippen LogP contribution in [0.1, 0.15) is 5.56 Å². The molecule has 4 aromatic rings. The van der Waals surface area contributed by atoms with Gasteiger partial charge in [0.25, 0.3) is 0 Å². The molecule has 31 heavy (non-hydrogen) atoms. The molecule has 2 heterocycles. The maximum absolute atomic E-state index is 12.8. The average molecular weight is 429 g/mol. The molecule has 6 heteroatoms. The van der Waals surface area contributed by atoms with E-state index in [4.69, 9.17) is 0 Å². The second-order valence-corrected chi connectivity index (χ2v) is 8.74. The maximum Gasteiger partial charge on any atom is 0.233 e. The highest BCUT2D eigenvalue weighted by Crippen LogP contribution is 2.25. The van der Waals surface area contributed by atoms with Crippen molar-refractivity contribution in [2.75, 3.05) is 31.9 Å². The highest BCUT2D eigenvalue weighted by molar-refractivity contribution is 8.00. The molecule has 0 aliphatic carbocycles. The molecule has 5 rings (SSSR count). The Labute approximate surface area is 186 Å². The van der Waals surface area contributed by atoms with E-state index in [1.807, 2.05) is 29.2 Å². The van der Waals surface area contributed by atoms with Gasteiger partial charge in [-0.2, -0.15) is 0 Å². The summed E-state index contributed by atoms with van der Waals surface area (Å²) >= 11 is 1.50. The minimum absolute atomic E-state index is 0.178. The predicted octanol–water partition coefficient (Wildman–Crippen LogP) is 4.22. The molecule has 0 N–H and O–H groups in total. The molecule has 3 aromatic carbocycles. The van der Waals surface area contributed by atoms with Gasteiger partial charge in [0.05, 0.1) is 11.3 Å². The number of benzene rings is 3. The zero-order valence-corrected chi connectivity index (χ0v) is 18.1. The SMILES string of the molecule is O=C(CSc1ncnc2ccccc12)N1CCN(Cc2cccc3ccccc23)CC1. The van der Waals surface area contributed by atoms with Crippen molar-refractivity contribution in [3.63, 3.8) is 0 Å². The first-order valence-electron chi connectivity index (χ1n) is 10.6. The van der Waals surface area contributed by atoms with E-state index in [9.17, 15) is 4.79 Å². The zero-order valence-electron chi connectivity index (χ0n) is 17.3. The summed E-state index contributed by atoms with van der Waals surface area (Å²) in [5.41, 5.74) is 2.26. The molecule has 0 unspecified atom stereocenters. The Hall–Kier alpha value is -2.96. The fourth-order valence-corrected chi connectivity index (χ4v) is 5.04. The Morgan fingerprint density at radius 1 is 0.839 bits per heavy atom. The molecule has 1 aliphatic heterocycles. The summed E-state index contributed by atoms with van der Waals surface area (Å²) in [6.45, 7) is 4.26. The number of carbonyl (C=O) groups is 1. The van der Waals surface area contributed by atoms with Gasteiger partial charge >= 0.3 is 0 Å². The second kappa shape index (κ2) is 9.04. The van der Waals surface area contributed by atoms with Crippen LogP contribution in [0.3, 0.4) is 0 Å². The summed E-state index contributed by atoms with van der Waals surface area (Å²) in [5, 5.41) is 4.47. The topological polar surface area (TPSA) is 49.3 Å². The average Bonchev–Trinajstić information content (AvgIpc) is 2.83. The Morgan fingerprint density at radius 2 is 1.58 bits per heavy atom. The minimum Gasteiger partial charge on any atom is -0.339 e. The third kappa shape index (κ3) is 4.40. The van der Waals surface area contributed by atoms with Crippen LogP contribution < -0.4 is 0 Å². The fourth-order valence-electron chi connectivity index (χ4n) is 4.14. The quantitative estimate of drug-likeness (QED) is 0.352. The van der Waals surface area contributed by atoms with E-state index in [0.29, 0.717) is 5.75 Å². The molecule has 0 saturated carbocycles. The van der Waals surface area contributed by atoms with Gasteiger partial charge in [-0.3, -0.25) is 9.69 Å². The van der Waals surface area contributed by atoms with Gasteiger partial charge in [0.1, 0.15) is 11.4 Å². The maximum atomic E-state index is 12.8. The highest BCUT2D eigenvalue weighted by Gasteiger charge is 2.22. The highest BCUT2D eigenvalue weighted by atomic mass is 32.2. The van der Waals surface area contributed by atoms with Crippen molar-refractivity contribution < 1.29 is 4.79 Å². The molecule has 156 valence electrons. The van der Waals surface area contributed by atoms with E-state index >= 15 is 0 Å². The van der Waals surface area contributed by atoms with E-state index in [-0.39, 0.29) is 5.91 Å². The zero-order chi connectivity index (χ0) is 21.0. The van der Waals surface area contributed by atoms with Crippen LogP contribution in [0.4, 0.5) is 0 Å². The van der Waals surface area contributed by atoms with Gasteiger partial charge in [0, 0.05) is 38.1 Å². The van der Waals surface area contributed by atoms with Gasteiger partial charge in [-0.25, -0.2) is 9.97 Å². The van der Waals surface area contributed by atoms with Crippen molar-refractivity contribution in [3.05, 3.63) is 78.6 Å².